The maximum Gasteiger partial charge on any atom is 0.344 e. The van der Waals surface area contributed by atoms with E-state index in [-0.39, 0.29) is 39.7 Å². The lowest BCUT2D eigenvalue weighted by atomic mass is 10.1. The number of carbonyl (C=O) groups excluding carboxylic acids is 1. The molecule has 0 atom stereocenters. The van der Waals surface area contributed by atoms with Gasteiger partial charge in [-0.3, -0.25) is 14.6 Å². The number of hydrogen-bond donors (Lipinski definition) is 1. The highest BCUT2D eigenvalue weighted by atomic mass is 35.5. The summed E-state index contributed by atoms with van der Waals surface area (Å²) in [6.45, 7) is 1.86. The van der Waals surface area contributed by atoms with Crippen LogP contribution in [0.5, 0.6) is 5.75 Å². The summed E-state index contributed by atoms with van der Waals surface area (Å²) in [5, 5.41) is 4.18. The predicted molar refractivity (Wildman–Crippen MR) is 102 cm³/mol. The number of carbonyl (C=O) groups is 1. The summed E-state index contributed by atoms with van der Waals surface area (Å²) in [5.74, 6) is 0.307. The Morgan fingerprint density at radius 2 is 1.89 bits per heavy atom. The number of halogens is 2. The van der Waals surface area contributed by atoms with Crippen LogP contribution >= 0.6 is 23.2 Å². The molecule has 0 fully saturated rings. The number of Topliss-reactive ketones (excluding diaryl/α,β-unsaturated/α-hetero) is 1. The number of H-pyrrole nitrogens is 1. The van der Waals surface area contributed by atoms with Gasteiger partial charge in [0, 0.05) is 24.3 Å². The second-order valence-electron chi connectivity index (χ2n) is 5.70. The zero-order chi connectivity index (χ0) is 19.7. The predicted octanol–water partition coefficient (Wildman–Crippen LogP) is 2.14. The number of aliphatic imine (C=N–C) groups is 1. The Balaban J connectivity index is 1.99. The number of rotatable bonds is 3. The van der Waals surface area contributed by atoms with E-state index in [2.05, 4.69) is 15.1 Å². The number of ether oxygens (including phenoxy) is 1. The monoisotopic (exact) mass is 408 g/mol. The van der Waals surface area contributed by atoms with Crippen molar-refractivity contribution in [2.45, 2.75) is 13.3 Å². The molecule has 0 saturated heterocycles. The highest BCUT2D eigenvalue weighted by Gasteiger charge is 2.19. The van der Waals surface area contributed by atoms with E-state index in [1.165, 1.54) is 19.2 Å². The summed E-state index contributed by atoms with van der Waals surface area (Å²) in [6, 6.07) is 2.90. The summed E-state index contributed by atoms with van der Waals surface area (Å²) in [6.07, 6.45) is 2.11. The Bertz CT molecular complexity index is 1090. The maximum absolute atomic E-state index is 12.0. The topological polar surface area (TPSA) is 106 Å². The van der Waals surface area contributed by atoms with Crippen molar-refractivity contribution in [2.75, 3.05) is 6.54 Å². The number of ketones is 1. The van der Waals surface area contributed by atoms with Gasteiger partial charge in [-0.05, 0) is 18.6 Å². The average Bonchev–Trinajstić information content (AvgIpc) is 2.62. The van der Waals surface area contributed by atoms with Crippen LogP contribution in [-0.2, 0) is 11.8 Å². The number of nitrogens with one attached hydrogen (secondary N) is 1. The number of hydrogen-bond acceptors (Lipinski definition) is 6. The number of aromatic nitrogens is 3. The zero-order valence-corrected chi connectivity index (χ0v) is 15.9. The van der Waals surface area contributed by atoms with E-state index in [4.69, 9.17) is 27.9 Å². The van der Waals surface area contributed by atoms with Crippen LogP contribution in [0.25, 0.3) is 11.3 Å². The van der Waals surface area contributed by atoms with Gasteiger partial charge in [-0.1, -0.05) is 30.1 Å². The number of benzene rings is 1. The molecular weight excluding hydrogens is 395 g/mol. The third kappa shape index (κ3) is 3.86. The summed E-state index contributed by atoms with van der Waals surface area (Å²) < 4.78 is 6.65. The fraction of sp³-hybridized carbons (Fsp3) is 0.235. The number of aryl methyl sites for hydroxylation is 1. The largest absolute Gasteiger partial charge is 0.436 e. The normalized spacial score (nSPS) is 14.0. The third-order valence-corrected chi connectivity index (χ3v) is 4.43. The van der Waals surface area contributed by atoms with Gasteiger partial charge in [0.05, 0.1) is 10.0 Å². The van der Waals surface area contributed by atoms with Gasteiger partial charge >= 0.3 is 5.69 Å². The standard InChI is InChI=1S/C17H14Cl2N4O4/c1-3-8-6-13(20-7-12(8)24)27-15-10(18)4-9(5-11(15)19)14-16(25)21-17(26)23(2)22-14/h4-6H,3,7H2,1-2H3,(H,21,25,26). The summed E-state index contributed by atoms with van der Waals surface area (Å²) in [4.78, 5) is 41.3. The Kier molecular flexibility index (Phi) is 5.29. The molecule has 1 aliphatic heterocycles. The molecule has 1 aliphatic rings. The van der Waals surface area contributed by atoms with E-state index >= 15 is 0 Å². The summed E-state index contributed by atoms with van der Waals surface area (Å²) in [7, 11) is 1.41. The third-order valence-electron chi connectivity index (χ3n) is 3.87. The highest BCUT2D eigenvalue weighted by molar-refractivity contribution is 6.38. The van der Waals surface area contributed by atoms with E-state index in [1.54, 1.807) is 6.08 Å². The minimum Gasteiger partial charge on any atom is -0.436 e. The Morgan fingerprint density at radius 3 is 2.52 bits per heavy atom. The molecule has 10 heteroatoms. The molecule has 0 aliphatic carbocycles. The Morgan fingerprint density at radius 1 is 1.22 bits per heavy atom. The first kappa shape index (κ1) is 19.1. The van der Waals surface area contributed by atoms with E-state index in [1.807, 2.05) is 6.92 Å². The van der Waals surface area contributed by atoms with Crippen molar-refractivity contribution in [3.63, 3.8) is 0 Å². The Labute approximate surface area is 163 Å². The van der Waals surface area contributed by atoms with Crippen LogP contribution < -0.4 is 16.0 Å². The number of nitrogens with zero attached hydrogens (tertiary/aromatic N) is 3. The van der Waals surface area contributed by atoms with E-state index in [9.17, 15) is 14.4 Å². The van der Waals surface area contributed by atoms with Crippen LogP contribution in [0.1, 0.15) is 13.3 Å². The van der Waals surface area contributed by atoms with Crippen LogP contribution in [0.2, 0.25) is 10.0 Å². The van der Waals surface area contributed by atoms with Crippen LogP contribution in [-0.4, -0.2) is 33.0 Å². The molecule has 0 saturated carbocycles. The van der Waals surface area contributed by atoms with Crippen molar-refractivity contribution < 1.29 is 9.53 Å². The fourth-order valence-electron chi connectivity index (χ4n) is 2.45. The van der Waals surface area contributed by atoms with Crippen LogP contribution in [0, 0.1) is 0 Å². The summed E-state index contributed by atoms with van der Waals surface area (Å²) in [5.41, 5.74) is -0.389. The first-order chi connectivity index (χ1) is 12.8. The molecule has 1 aromatic carbocycles. The maximum atomic E-state index is 12.0. The summed E-state index contributed by atoms with van der Waals surface area (Å²) >= 11 is 12.5. The van der Waals surface area contributed by atoms with Gasteiger partial charge < -0.3 is 4.74 Å². The molecule has 0 spiro atoms. The van der Waals surface area contributed by atoms with Crippen molar-refractivity contribution in [2.24, 2.45) is 12.0 Å². The zero-order valence-electron chi connectivity index (χ0n) is 14.4. The minimum absolute atomic E-state index is 0.000329. The molecule has 1 aromatic heterocycles. The van der Waals surface area contributed by atoms with Gasteiger partial charge in [-0.25, -0.2) is 14.5 Å². The van der Waals surface area contributed by atoms with Gasteiger partial charge in [0.2, 0.25) is 5.90 Å². The van der Waals surface area contributed by atoms with E-state index < -0.39 is 11.2 Å². The van der Waals surface area contributed by atoms with Gasteiger partial charge in [-0.15, -0.1) is 0 Å². The molecule has 2 aromatic rings. The van der Waals surface area contributed by atoms with Crippen molar-refractivity contribution in [3.8, 4) is 17.0 Å². The first-order valence-corrected chi connectivity index (χ1v) is 8.69. The smallest absolute Gasteiger partial charge is 0.344 e. The van der Waals surface area contributed by atoms with Crippen LogP contribution in [0.4, 0.5) is 0 Å². The molecule has 0 unspecified atom stereocenters. The van der Waals surface area contributed by atoms with Crippen molar-refractivity contribution in [1.29, 1.82) is 0 Å². The van der Waals surface area contributed by atoms with Gasteiger partial charge in [-0.2, -0.15) is 5.10 Å². The molecule has 0 bridgehead atoms. The molecule has 8 nitrogen and oxygen atoms in total. The van der Waals surface area contributed by atoms with Gasteiger partial charge in [0.25, 0.3) is 5.56 Å². The highest BCUT2D eigenvalue weighted by Crippen LogP contribution is 2.37. The molecule has 3 rings (SSSR count). The lowest BCUT2D eigenvalue weighted by Gasteiger charge is -2.14. The first-order valence-electron chi connectivity index (χ1n) is 7.93. The molecule has 1 N–H and O–H groups in total. The molecule has 2 heterocycles. The minimum atomic E-state index is -0.662. The molecule has 0 radical (unpaired) electrons. The number of dihydropyridines is 1. The average molecular weight is 409 g/mol. The second kappa shape index (κ2) is 7.50. The molecular formula is C17H14Cl2N4O4. The quantitative estimate of drug-likeness (QED) is 0.836. The van der Waals surface area contributed by atoms with Crippen molar-refractivity contribution in [3.05, 3.63) is 54.7 Å². The fourth-order valence-corrected chi connectivity index (χ4v) is 3.02. The molecule has 27 heavy (non-hydrogen) atoms. The lowest BCUT2D eigenvalue weighted by molar-refractivity contribution is -0.114. The number of aromatic amines is 1. The van der Waals surface area contributed by atoms with Crippen LogP contribution in [0.3, 0.4) is 0 Å². The lowest BCUT2D eigenvalue weighted by Crippen LogP contribution is -2.31. The molecule has 140 valence electrons. The molecule has 0 amide bonds. The van der Waals surface area contributed by atoms with E-state index in [0.717, 1.165) is 4.68 Å². The van der Waals surface area contributed by atoms with E-state index in [0.29, 0.717) is 17.6 Å². The van der Waals surface area contributed by atoms with Gasteiger partial charge in [0.1, 0.15) is 6.54 Å². The van der Waals surface area contributed by atoms with Crippen molar-refractivity contribution >= 4 is 34.9 Å². The van der Waals surface area contributed by atoms with Crippen LogP contribution in [0.15, 0.2) is 38.4 Å². The van der Waals surface area contributed by atoms with Crippen molar-refractivity contribution in [1.82, 2.24) is 14.8 Å². The second-order valence-corrected chi connectivity index (χ2v) is 6.52. The Hall–Kier alpha value is -2.71. The SMILES string of the molecule is CCC1=CC(Oc2c(Cl)cc(-c3nn(C)c(=O)[nH]c3=O)cc2Cl)=NCC1=O. The van der Waals surface area contributed by atoms with Gasteiger partial charge in [0.15, 0.2) is 17.2 Å².